The summed E-state index contributed by atoms with van der Waals surface area (Å²) < 4.78 is 0. The van der Waals surface area contributed by atoms with Crippen molar-refractivity contribution in [1.82, 2.24) is 14.7 Å². The van der Waals surface area contributed by atoms with Crippen molar-refractivity contribution in [3.63, 3.8) is 0 Å². The van der Waals surface area contributed by atoms with Crippen LogP contribution in [0.1, 0.15) is 13.8 Å². The molecule has 0 spiro atoms. The molecule has 0 aromatic heterocycles. The van der Waals surface area contributed by atoms with Gasteiger partial charge in [0.15, 0.2) is 0 Å². The minimum absolute atomic E-state index is 0.0950. The van der Waals surface area contributed by atoms with Crippen molar-refractivity contribution in [2.75, 3.05) is 33.2 Å². The lowest BCUT2D eigenvalue weighted by atomic mass is 9.96. The Bertz CT molecular complexity index is 429. The number of nitrogens with zero attached hydrogens (tertiary/aromatic N) is 3. The van der Waals surface area contributed by atoms with Gasteiger partial charge in [-0.3, -0.25) is 9.59 Å². The van der Waals surface area contributed by atoms with E-state index in [1.54, 1.807) is 25.8 Å². The van der Waals surface area contributed by atoms with Gasteiger partial charge in [0, 0.05) is 33.2 Å². The molecular formula is C12H19N3O4. The minimum Gasteiger partial charge on any atom is -0.481 e. The fraction of sp³-hybridized carbons (Fsp3) is 0.750. The quantitative estimate of drug-likeness (QED) is 0.707. The van der Waals surface area contributed by atoms with E-state index >= 15 is 0 Å². The molecule has 3 amide bonds. The lowest BCUT2D eigenvalue weighted by Crippen LogP contribution is -2.68. The standard InChI is InChI=1S/C12H19N3O4/c1-12(2)10(18)13(3)4-5-15(12)11(19)14-6-8(7-14)9(16)17/h8H,4-7H2,1-3H3,(H,16,17). The smallest absolute Gasteiger partial charge is 0.320 e. The second kappa shape index (κ2) is 4.40. The monoisotopic (exact) mass is 269 g/mol. The van der Waals surface area contributed by atoms with Crippen LogP contribution in [0.5, 0.6) is 0 Å². The van der Waals surface area contributed by atoms with Gasteiger partial charge in [-0.15, -0.1) is 0 Å². The topological polar surface area (TPSA) is 81.2 Å². The van der Waals surface area contributed by atoms with Gasteiger partial charge in [-0.1, -0.05) is 0 Å². The maximum absolute atomic E-state index is 12.3. The number of urea groups is 1. The molecule has 0 atom stereocenters. The van der Waals surface area contributed by atoms with Crippen LogP contribution in [-0.2, 0) is 9.59 Å². The molecule has 2 aliphatic rings. The molecule has 2 fully saturated rings. The van der Waals surface area contributed by atoms with Gasteiger partial charge in [-0.2, -0.15) is 0 Å². The molecule has 2 saturated heterocycles. The number of piperazine rings is 1. The van der Waals surface area contributed by atoms with E-state index in [-0.39, 0.29) is 25.0 Å². The van der Waals surface area contributed by atoms with E-state index in [2.05, 4.69) is 0 Å². The van der Waals surface area contributed by atoms with E-state index in [1.807, 2.05) is 0 Å². The van der Waals surface area contributed by atoms with Crippen LogP contribution in [0.15, 0.2) is 0 Å². The van der Waals surface area contributed by atoms with E-state index in [0.717, 1.165) is 0 Å². The fourth-order valence-electron chi connectivity index (χ4n) is 2.51. The summed E-state index contributed by atoms with van der Waals surface area (Å²) in [4.78, 5) is 39.8. The van der Waals surface area contributed by atoms with Crippen LogP contribution >= 0.6 is 0 Å². The first-order valence-corrected chi connectivity index (χ1v) is 6.30. The molecule has 1 N–H and O–H groups in total. The van der Waals surface area contributed by atoms with Crippen molar-refractivity contribution in [3.05, 3.63) is 0 Å². The molecule has 0 aliphatic carbocycles. The third-order valence-electron chi connectivity index (χ3n) is 3.94. The third kappa shape index (κ3) is 2.13. The summed E-state index contributed by atoms with van der Waals surface area (Å²) in [6.45, 7) is 4.87. The number of carbonyl (C=O) groups is 3. The fourth-order valence-corrected chi connectivity index (χ4v) is 2.51. The van der Waals surface area contributed by atoms with Crippen molar-refractivity contribution in [2.45, 2.75) is 19.4 Å². The second-order valence-corrected chi connectivity index (χ2v) is 5.66. The number of carboxylic acids is 1. The molecule has 0 radical (unpaired) electrons. The van der Waals surface area contributed by atoms with Gasteiger partial charge in [-0.05, 0) is 13.8 Å². The van der Waals surface area contributed by atoms with Crippen molar-refractivity contribution >= 4 is 17.9 Å². The lowest BCUT2D eigenvalue weighted by Gasteiger charge is -2.48. The normalized spacial score (nSPS) is 23.3. The predicted molar refractivity (Wildman–Crippen MR) is 66.5 cm³/mol. The number of carbonyl (C=O) groups excluding carboxylic acids is 2. The second-order valence-electron chi connectivity index (χ2n) is 5.66. The van der Waals surface area contributed by atoms with Crippen LogP contribution in [-0.4, -0.2) is 76.5 Å². The number of likely N-dealkylation sites (tertiary alicyclic amines) is 1. The van der Waals surface area contributed by atoms with E-state index < -0.39 is 17.4 Å². The van der Waals surface area contributed by atoms with Gasteiger partial charge in [0.05, 0.1) is 5.92 Å². The first-order chi connectivity index (χ1) is 8.75. The zero-order valence-electron chi connectivity index (χ0n) is 11.4. The van der Waals surface area contributed by atoms with Crippen LogP contribution in [0.4, 0.5) is 4.79 Å². The molecule has 2 heterocycles. The van der Waals surface area contributed by atoms with E-state index in [1.165, 1.54) is 9.80 Å². The molecule has 7 nitrogen and oxygen atoms in total. The van der Waals surface area contributed by atoms with Crippen LogP contribution in [0, 0.1) is 5.92 Å². The number of rotatable bonds is 1. The first-order valence-electron chi connectivity index (χ1n) is 6.30. The minimum atomic E-state index is -0.877. The van der Waals surface area contributed by atoms with E-state index in [4.69, 9.17) is 5.11 Å². The highest BCUT2D eigenvalue weighted by atomic mass is 16.4. The van der Waals surface area contributed by atoms with Crippen LogP contribution in [0.3, 0.4) is 0 Å². The number of aliphatic carboxylic acids is 1. The van der Waals surface area contributed by atoms with Crippen LogP contribution in [0.25, 0.3) is 0 Å². The molecule has 0 bridgehead atoms. The Labute approximate surface area is 111 Å². The zero-order chi connectivity index (χ0) is 14.4. The van der Waals surface area contributed by atoms with Crippen molar-refractivity contribution < 1.29 is 19.5 Å². The molecule has 0 aromatic rings. The van der Waals surface area contributed by atoms with Crippen LogP contribution < -0.4 is 0 Å². The summed E-state index contributed by atoms with van der Waals surface area (Å²) in [7, 11) is 1.72. The van der Waals surface area contributed by atoms with Gasteiger partial charge in [0.25, 0.3) is 0 Å². The predicted octanol–water partition coefficient (Wildman–Crippen LogP) is -0.325. The summed E-state index contributed by atoms with van der Waals surface area (Å²) >= 11 is 0. The molecule has 0 aromatic carbocycles. The third-order valence-corrected chi connectivity index (χ3v) is 3.94. The lowest BCUT2D eigenvalue weighted by molar-refractivity contribution is -0.149. The largest absolute Gasteiger partial charge is 0.481 e. The molecule has 2 rings (SSSR count). The Hall–Kier alpha value is -1.79. The van der Waals surface area contributed by atoms with Gasteiger partial charge < -0.3 is 19.8 Å². The summed E-state index contributed by atoms with van der Waals surface area (Å²) in [5.74, 6) is -1.45. The van der Waals surface area contributed by atoms with Crippen molar-refractivity contribution in [3.8, 4) is 0 Å². The average Bonchev–Trinajstić information content (AvgIpc) is 2.23. The van der Waals surface area contributed by atoms with Gasteiger partial charge in [0.2, 0.25) is 5.91 Å². The Morgan fingerprint density at radius 1 is 1.26 bits per heavy atom. The summed E-state index contributed by atoms with van der Waals surface area (Å²) in [5.41, 5.74) is -0.877. The van der Waals surface area contributed by atoms with Gasteiger partial charge in [-0.25, -0.2) is 4.79 Å². The summed E-state index contributed by atoms with van der Waals surface area (Å²) in [6.07, 6.45) is 0. The Kier molecular flexibility index (Phi) is 3.15. The highest BCUT2D eigenvalue weighted by Crippen LogP contribution is 2.26. The Balaban J connectivity index is 2.04. The Morgan fingerprint density at radius 2 is 1.84 bits per heavy atom. The number of carboxylic acid groups (broad SMARTS) is 1. The molecule has 106 valence electrons. The SMILES string of the molecule is CN1CCN(C(=O)N2CC(C(=O)O)C2)C(C)(C)C1=O. The summed E-state index contributed by atoms with van der Waals surface area (Å²) in [6, 6.07) is -0.246. The Morgan fingerprint density at radius 3 is 2.37 bits per heavy atom. The first kappa shape index (κ1) is 13.6. The highest BCUT2D eigenvalue weighted by Gasteiger charge is 2.47. The maximum atomic E-state index is 12.3. The number of hydrogen-bond donors (Lipinski definition) is 1. The van der Waals surface area contributed by atoms with E-state index in [9.17, 15) is 14.4 Å². The van der Waals surface area contributed by atoms with E-state index in [0.29, 0.717) is 13.1 Å². The van der Waals surface area contributed by atoms with Gasteiger partial charge in [0.1, 0.15) is 5.54 Å². The molecular weight excluding hydrogens is 250 g/mol. The zero-order valence-corrected chi connectivity index (χ0v) is 11.4. The van der Waals surface area contributed by atoms with Gasteiger partial charge >= 0.3 is 12.0 Å². The average molecular weight is 269 g/mol. The molecule has 0 saturated carbocycles. The van der Waals surface area contributed by atoms with Crippen molar-refractivity contribution in [1.29, 1.82) is 0 Å². The maximum Gasteiger partial charge on any atom is 0.320 e. The van der Waals surface area contributed by atoms with Crippen molar-refractivity contribution in [2.24, 2.45) is 5.92 Å². The molecule has 0 unspecified atom stereocenters. The number of amides is 3. The highest BCUT2D eigenvalue weighted by molar-refractivity contribution is 5.92. The summed E-state index contributed by atoms with van der Waals surface area (Å²) in [5, 5.41) is 8.81. The number of hydrogen-bond acceptors (Lipinski definition) is 3. The molecule has 2 aliphatic heterocycles. The molecule has 19 heavy (non-hydrogen) atoms. The number of likely N-dealkylation sites (N-methyl/N-ethyl adjacent to an activating group) is 1. The van der Waals surface area contributed by atoms with Crippen LogP contribution in [0.2, 0.25) is 0 Å². The molecule has 7 heteroatoms.